The number of benzene rings is 1. The van der Waals surface area contributed by atoms with Crippen LogP contribution in [-0.2, 0) is 12.7 Å². The molecule has 0 aliphatic rings. The number of imidazole rings is 1. The zero-order valence-corrected chi connectivity index (χ0v) is 13.9. The lowest BCUT2D eigenvalue weighted by Crippen LogP contribution is -2.18. The summed E-state index contributed by atoms with van der Waals surface area (Å²) in [6, 6.07) is 7.28. The van der Waals surface area contributed by atoms with E-state index in [4.69, 9.17) is 4.74 Å². The molecule has 0 atom stereocenters. The molecule has 3 rings (SSSR count). The molecule has 0 spiro atoms. The van der Waals surface area contributed by atoms with Gasteiger partial charge in [0.15, 0.2) is 17.0 Å². The Kier molecular flexibility index (Phi) is 4.23. The average molecular weight is 351 g/mol. The molecule has 0 aliphatic carbocycles. The number of ether oxygens (including phenoxy) is 1. The van der Waals surface area contributed by atoms with Crippen molar-refractivity contribution in [2.24, 2.45) is 0 Å². The SMILES string of the molecule is COc1ccccc1Cn1cnc2c(N(C)C)nc(C(F)(F)F)nc21. The van der Waals surface area contributed by atoms with Crippen LogP contribution in [0.4, 0.5) is 19.0 Å². The van der Waals surface area contributed by atoms with E-state index < -0.39 is 12.0 Å². The quantitative estimate of drug-likeness (QED) is 0.723. The summed E-state index contributed by atoms with van der Waals surface area (Å²) in [5.74, 6) is -0.427. The zero-order chi connectivity index (χ0) is 18.2. The maximum Gasteiger partial charge on any atom is 0.451 e. The molecule has 132 valence electrons. The Morgan fingerprint density at radius 1 is 1.16 bits per heavy atom. The second kappa shape index (κ2) is 6.23. The molecule has 1 aromatic carbocycles. The van der Waals surface area contributed by atoms with Crippen molar-refractivity contribution in [3.8, 4) is 5.75 Å². The second-order valence-electron chi connectivity index (χ2n) is 5.62. The normalized spacial score (nSPS) is 11.8. The first-order chi connectivity index (χ1) is 11.8. The number of hydrogen-bond donors (Lipinski definition) is 0. The third-order valence-electron chi connectivity index (χ3n) is 3.66. The average Bonchev–Trinajstić information content (AvgIpc) is 2.96. The first kappa shape index (κ1) is 17.0. The Balaban J connectivity index is 2.15. The van der Waals surface area contributed by atoms with E-state index in [-0.39, 0.29) is 18.0 Å². The van der Waals surface area contributed by atoms with Gasteiger partial charge in [0.2, 0.25) is 5.82 Å². The number of para-hydroxylation sites is 1. The Labute approximate surface area is 141 Å². The molecule has 25 heavy (non-hydrogen) atoms. The van der Waals surface area contributed by atoms with Gasteiger partial charge in [-0.05, 0) is 6.07 Å². The molecule has 0 N–H and O–H groups in total. The van der Waals surface area contributed by atoms with Gasteiger partial charge in [0.25, 0.3) is 0 Å². The highest BCUT2D eigenvalue weighted by Gasteiger charge is 2.36. The summed E-state index contributed by atoms with van der Waals surface area (Å²) >= 11 is 0. The molecule has 9 heteroatoms. The molecule has 3 aromatic rings. The first-order valence-corrected chi connectivity index (χ1v) is 7.40. The van der Waals surface area contributed by atoms with Gasteiger partial charge in [0.05, 0.1) is 20.0 Å². The van der Waals surface area contributed by atoms with E-state index in [9.17, 15) is 13.2 Å². The summed E-state index contributed by atoms with van der Waals surface area (Å²) in [6.45, 7) is 0.279. The molecule has 0 bridgehead atoms. The van der Waals surface area contributed by atoms with Crippen molar-refractivity contribution in [3.05, 3.63) is 42.0 Å². The lowest BCUT2D eigenvalue weighted by molar-refractivity contribution is -0.144. The van der Waals surface area contributed by atoms with Crippen LogP contribution in [-0.4, -0.2) is 40.7 Å². The predicted octanol–water partition coefficient (Wildman–Crippen LogP) is 2.97. The number of halogens is 3. The van der Waals surface area contributed by atoms with Gasteiger partial charge in [-0.2, -0.15) is 13.2 Å². The minimum absolute atomic E-state index is 0.121. The molecule has 0 amide bonds. The van der Waals surface area contributed by atoms with Gasteiger partial charge < -0.3 is 14.2 Å². The van der Waals surface area contributed by atoms with Crippen LogP contribution < -0.4 is 9.64 Å². The van der Waals surface area contributed by atoms with Crippen molar-refractivity contribution >= 4 is 17.0 Å². The van der Waals surface area contributed by atoms with Crippen LogP contribution in [0.15, 0.2) is 30.6 Å². The fraction of sp³-hybridized carbons (Fsp3) is 0.312. The maximum atomic E-state index is 13.1. The number of aromatic nitrogens is 4. The molecule has 2 aromatic heterocycles. The van der Waals surface area contributed by atoms with Crippen LogP contribution in [0.1, 0.15) is 11.4 Å². The first-order valence-electron chi connectivity index (χ1n) is 7.40. The van der Waals surface area contributed by atoms with Crippen LogP contribution >= 0.6 is 0 Å². The van der Waals surface area contributed by atoms with Crippen molar-refractivity contribution < 1.29 is 17.9 Å². The monoisotopic (exact) mass is 351 g/mol. The summed E-state index contributed by atoms with van der Waals surface area (Å²) < 4.78 is 46.3. The Morgan fingerprint density at radius 3 is 2.52 bits per heavy atom. The fourth-order valence-corrected chi connectivity index (χ4v) is 2.50. The number of hydrogen-bond acceptors (Lipinski definition) is 5. The molecule has 6 nitrogen and oxygen atoms in total. The zero-order valence-electron chi connectivity index (χ0n) is 13.9. The van der Waals surface area contributed by atoms with E-state index in [1.165, 1.54) is 11.2 Å². The summed E-state index contributed by atoms with van der Waals surface area (Å²) in [5.41, 5.74) is 1.24. The molecule has 0 saturated carbocycles. The number of anilines is 1. The van der Waals surface area contributed by atoms with E-state index in [1.54, 1.807) is 31.8 Å². The Hall–Kier alpha value is -2.84. The van der Waals surface area contributed by atoms with E-state index in [0.717, 1.165) is 5.56 Å². The van der Waals surface area contributed by atoms with E-state index in [0.29, 0.717) is 11.3 Å². The smallest absolute Gasteiger partial charge is 0.451 e. The molecule has 0 radical (unpaired) electrons. The van der Waals surface area contributed by atoms with Crippen LogP contribution in [0.2, 0.25) is 0 Å². The number of fused-ring (bicyclic) bond motifs is 1. The Bertz CT molecular complexity index is 904. The lowest BCUT2D eigenvalue weighted by atomic mass is 10.2. The number of nitrogens with zero attached hydrogens (tertiary/aromatic N) is 5. The largest absolute Gasteiger partial charge is 0.496 e. The van der Waals surface area contributed by atoms with Crippen LogP contribution in [0.5, 0.6) is 5.75 Å². The topological polar surface area (TPSA) is 56.1 Å². The Morgan fingerprint density at radius 2 is 1.88 bits per heavy atom. The third kappa shape index (κ3) is 3.21. The minimum Gasteiger partial charge on any atom is -0.496 e. The highest BCUT2D eigenvalue weighted by atomic mass is 19.4. The number of alkyl halides is 3. The highest BCUT2D eigenvalue weighted by Crippen LogP contribution is 2.31. The predicted molar refractivity (Wildman–Crippen MR) is 86.7 cm³/mol. The minimum atomic E-state index is -4.64. The van der Waals surface area contributed by atoms with Crippen molar-refractivity contribution in [2.75, 3.05) is 26.1 Å². The van der Waals surface area contributed by atoms with Gasteiger partial charge in [-0.1, -0.05) is 18.2 Å². The summed E-state index contributed by atoms with van der Waals surface area (Å²) in [7, 11) is 4.77. The van der Waals surface area contributed by atoms with Crippen molar-refractivity contribution in [2.45, 2.75) is 12.7 Å². The van der Waals surface area contributed by atoms with Gasteiger partial charge in [0, 0.05) is 19.7 Å². The van der Waals surface area contributed by atoms with Crippen molar-refractivity contribution in [1.29, 1.82) is 0 Å². The lowest BCUT2D eigenvalue weighted by Gasteiger charge is -2.15. The van der Waals surface area contributed by atoms with Crippen LogP contribution in [0.25, 0.3) is 11.2 Å². The molecule has 0 saturated heterocycles. The summed E-state index contributed by atoms with van der Waals surface area (Å²) in [4.78, 5) is 13.0. The van der Waals surface area contributed by atoms with Crippen LogP contribution in [0.3, 0.4) is 0 Å². The third-order valence-corrected chi connectivity index (χ3v) is 3.66. The van der Waals surface area contributed by atoms with Gasteiger partial charge in [-0.15, -0.1) is 0 Å². The summed E-state index contributed by atoms with van der Waals surface area (Å²) in [6.07, 6.45) is -3.18. The standard InChI is InChI=1S/C16H16F3N5O/c1-23(2)13-12-14(22-15(21-13)16(17,18)19)24(9-20-12)8-10-6-4-5-7-11(10)25-3/h4-7,9H,8H2,1-3H3. The van der Waals surface area contributed by atoms with E-state index >= 15 is 0 Å². The van der Waals surface area contributed by atoms with Crippen LogP contribution in [0, 0.1) is 0 Å². The van der Waals surface area contributed by atoms with E-state index in [1.807, 2.05) is 18.2 Å². The molecule has 2 heterocycles. The van der Waals surface area contributed by atoms with Gasteiger partial charge >= 0.3 is 6.18 Å². The molecular weight excluding hydrogens is 335 g/mol. The van der Waals surface area contributed by atoms with Gasteiger partial charge in [0.1, 0.15) is 5.75 Å². The summed E-state index contributed by atoms with van der Waals surface area (Å²) in [5, 5.41) is 0. The second-order valence-corrected chi connectivity index (χ2v) is 5.62. The molecule has 0 fully saturated rings. The van der Waals surface area contributed by atoms with Crippen molar-refractivity contribution in [3.63, 3.8) is 0 Å². The maximum absolute atomic E-state index is 13.1. The molecule has 0 aliphatic heterocycles. The van der Waals surface area contributed by atoms with E-state index in [2.05, 4.69) is 15.0 Å². The fourth-order valence-electron chi connectivity index (χ4n) is 2.50. The molecule has 0 unspecified atom stereocenters. The molecular formula is C16H16F3N5O. The number of rotatable bonds is 4. The van der Waals surface area contributed by atoms with Crippen molar-refractivity contribution in [1.82, 2.24) is 19.5 Å². The van der Waals surface area contributed by atoms with Gasteiger partial charge in [-0.25, -0.2) is 15.0 Å². The van der Waals surface area contributed by atoms with Gasteiger partial charge in [-0.3, -0.25) is 0 Å². The highest BCUT2D eigenvalue weighted by molar-refractivity contribution is 5.83. The number of methoxy groups -OCH3 is 1.